The second-order valence-corrected chi connectivity index (χ2v) is 3.05. The quantitative estimate of drug-likeness (QED) is 0.408. The van der Waals surface area contributed by atoms with E-state index < -0.39 is 0 Å². The molecule has 0 saturated carbocycles. The van der Waals surface area contributed by atoms with Gasteiger partial charge in [-0.3, -0.25) is 4.79 Å². The van der Waals surface area contributed by atoms with E-state index in [1.807, 2.05) is 30.3 Å². The van der Waals surface area contributed by atoms with Gasteiger partial charge in [-0.25, -0.2) is 0 Å². The van der Waals surface area contributed by atoms with Crippen molar-refractivity contribution in [1.82, 2.24) is 0 Å². The van der Waals surface area contributed by atoms with Gasteiger partial charge in [-0.05, 0) is 18.6 Å². The highest BCUT2D eigenvalue weighted by Crippen LogP contribution is 2.04. The van der Waals surface area contributed by atoms with Gasteiger partial charge in [0, 0.05) is 12.0 Å². The molecule has 0 radical (unpaired) electrons. The molecule has 2 nitrogen and oxygen atoms in total. The molecule has 0 spiro atoms. The Morgan fingerprint density at radius 1 is 1.36 bits per heavy atom. The van der Waals surface area contributed by atoms with Gasteiger partial charge in [-0.15, -0.1) is 0 Å². The molecule has 14 heavy (non-hydrogen) atoms. The van der Waals surface area contributed by atoms with Crippen LogP contribution in [0, 0.1) is 0 Å². The topological polar surface area (TPSA) is 26.3 Å². The summed E-state index contributed by atoms with van der Waals surface area (Å²) in [7, 11) is 0. The van der Waals surface area contributed by atoms with Crippen LogP contribution in [-0.4, -0.2) is 17.9 Å². The molecule has 0 aromatic heterocycles. The first-order valence-electron chi connectivity index (χ1n) is 4.48. The van der Waals surface area contributed by atoms with Gasteiger partial charge in [0.05, 0.1) is 6.61 Å². The first-order valence-corrected chi connectivity index (χ1v) is 4.95. The number of ketones is 1. The summed E-state index contributed by atoms with van der Waals surface area (Å²) in [6, 6.07) is 9.26. The molecular formula is C11H12O2S. The van der Waals surface area contributed by atoms with Crippen molar-refractivity contribution < 1.29 is 9.53 Å². The molecule has 1 aromatic rings. The lowest BCUT2D eigenvalue weighted by atomic mass is 10.1. The Kier molecular flexibility index (Phi) is 4.86. The van der Waals surface area contributed by atoms with Crippen LogP contribution in [0.2, 0.25) is 0 Å². The fourth-order valence-corrected chi connectivity index (χ4v) is 1.23. The zero-order valence-electron chi connectivity index (χ0n) is 7.81. The van der Waals surface area contributed by atoms with Crippen molar-refractivity contribution in [3.05, 3.63) is 35.9 Å². The van der Waals surface area contributed by atoms with Crippen molar-refractivity contribution in [3.63, 3.8) is 0 Å². The largest absolute Gasteiger partial charge is 0.490 e. The second-order valence-electron chi connectivity index (χ2n) is 2.86. The van der Waals surface area contributed by atoms with Gasteiger partial charge in [0.2, 0.25) is 0 Å². The van der Waals surface area contributed by atoms with Crippen molar-refractivity contribution in [2.75, 3.05) is 6.61 Å². The highest BCUT2D eigenvalue weighted by Gasteiger charge is 2.03. The summed E-state index contributed by atoms with van der Waals surface area (Å²) in [4.78, 5) is 11.5. The van der Waals surface area contributed by atoms with Gasteiger partial charge in [0.1, 0.15) is 5.55 Å². The van der Waals surface area contributed by atoms with E-state index >= 15 is 0 Å². The van der Waals surface area contributed by atoms with Gasteiger partial charge in [0.15, 0.2) is 5.78 Å². The predicted molar refractivity (Wildman–Crippen MR) is 59.6 cm³/mol. The Hall–Kier alpha value is -1.22. The smallest absolute Gasteiger partial charge is 0.163 e. The average molecular weight is 208 g/mol. The molecule has 0 N–H and O–H groups in total. The summed E-state index contributed by atoms with van der Waals surface area (Å²) in [5.41, 5.74) is 1.99. The molecule has 74 valence electrons. The van der Waals surface area contributed by atoms with Crippen molar-refractivity contribution in [1.29, 1.82) is 0 Å². The molecule has 0 bridgehead atoms. The number of benzene rings is 1. The van der Waals surface area contributed by atoms with Crippen molar-refractivity contribution >= 4 is 23.6 Å². The van der Waals surface area contributed by atoms with E-state index in [4.69, 9.17) is 4.74 Å². The van der Waals surface area contributed by atoms with Crippen molar-refractivity contribution in [2.45, 2.75) is 12.8 Å². The van der Waals surface area contributed by atoms with Crippen LogP contribution < -0.4 is 0 Å². The predicted octanol–water partition coefficient (Wildman–Crippen LogP) is 2.62. The van der Waals surface area contributed by atoms with Gasteiger partial charge >= 0.3 is 0 Å². The fourth-order valence-electron chi connectivity index (χ4n) is 1.13. The maximum atomic E-state index is 11.5. The molecule has 0 saturated heterocycles. The first-order chi connectivity index (χ1) is 6.84. The summed E-state index contributed by atoms with van der Waals surface area (Å²) in [6.45, 7) is 0.516. The average Bonchev–Trinajstić information content (AvgIpc) is 2.25. The molecule has 0 fully saturated rings. The highest BCUT2D eigenvalue weighted by atomic mass is 32.1. The lowest BCUT2D eigenvalue weighted by Crippen LogP contribution is -2.01. The van der Waals surface area contributed by atoms with E-state index in [1.165, 1.54) is 5.55 Å². The number of Topliss-reactive ketones (excluding diaryl/α,β-unsaturated/α-hetero) is 1. The van der Waals surface area contributed by atoms with Crippen LogP contribution in [0.15, 0.2) is 30.3 Å². The molecule has 0 amide bonds. The number of carbonyl (C=O) groups is 1. The maximum absolute atomic E-state index is 11.5. The van der Waals surface area contributed by atoms with Gasteiger partial charge < -0.3 is 4.74 Å². The summed E-state index contributed by atoms with van der Waals surface area (Å²) < 4.78 is 4.86. The van der Waals surface area contributed by atoms with Crippen molar-refractivity contribution in [2.24, 2.45) is 0 Å². The molecule has 0 aliphatic heterocycles. The van der Waals surface area contributed by atoms with Crippen LogP contribution in [-0.2, 0) is 4.74 Å². The fraction of sp³-hybridized carbons (Fsp3) is 0.273. The second kappa shape index (κ2) is 6.27. The Morgan fingerprint density at radius 2 is 2.07 bits per heavy atom. The molecule has 0 heterocycles. The molecule has 0 atom stereocenters. The molecular weight excluding hydrogens is 196 g/mol. The number of carbonyl (C=O) groups excluding carboxylic acids is 1. The molecule has 0 aliphatic carbocycles. The first kappa shape index (κ1) is 10.9. The van der Waals surface area contributed by atoms with E-state index in [9.17, 15) is 4.79 Å². The number of ether oxygens (including phenoxy) is 1. The van der Waals surface area contributed by atoms with E-state index in [0.717, 1.165) is 5.56 Å². The van der Waals surface area contributed by atoms with Crippen LogP contribution in [0.4, 0.5) is 0 Å². The zero-order valence-corrected chi connectivity index (χ0v) is 8.63. The van der Waals surface area contributed by atoms with E-state index in [0.29, 0.717) is 19.4 Å². The summed E-state index contributed by atoms with van der Waals surface area (Å²) in [5, 5.41) is 0. The van der Waals surface area contributed by atoms with Crippen LogP contribution >= 0.6 is 12.2 Å². The minimum Gasteiger partial charge on any atom is -0.490 e. The number of hydrogen-bond donors (Lipinski definition) is 0. The third-order valence-electron chi connectivity index (χ3n) is 1.83. The minimum atomic E-state index is 0.151. The number of rotatable bonds is 6. The normalized spacial score (nSPS) is 9.43. The maximum Gasteiger partial charge on any atom is 0.163 e. The summed E-state index contributed by atoms with van der Waals surface area (Å²) >= 11 is 4.49. The molecule has 0 unspecified atom stereocenters. The standard InChI is InChI=1S/C11H12O2S/c12-11(7-4-8-13-9-14)10-5-2-1-3-6-10/h1-3,5-6,9H,4,7-8H2. The van der Waals surface area contributed by atoms with Crippen LogP contribution in [0.3, 0.4) is 0 Å². The zero-order chi connectivity index (χ0) is 10.2. The van der Waals surface area contributed by atoms with Crippen molar-refractivity contribution in [3.8, 4) is 0 Å². The monoisotopic (exact) mass is 208 g/mol. The van der Waals surface area contributed by atoms with Crippen LogP contribution in [0.1, 0.15) is 23.2 Å². The van der Waals surface area contributed by atoms with Gasteiger partial charge in [-0.2, -0.15) is 0 Å². The Balaban J connectivity index is 2.32. The van der Waals surface area contributed by atoms with E-state index in [-0.39, 0.29) is 5.78 Å². The molecule has 1 rings (SSSR count). The highest BCUT2D eigenvalue weighted by molar-refractivity contribution is 7.78. The molecule has 1 aromatic carbocycles. The number of thiocarbonyl (C=S) groups is 1. The number of hydrogen-bond acceptors (Lipinski definition) is 3. The Morgan fingerprint density at radius 3 is 2.71 bits per heavy atom. The van der Waals surface area contributed by atoms with Gasteiger partial charge in [0.25, 0.3) is 0 Å². The summed E-state index contributed by atoms with van der Waals surface area (Å²) in [6.07, 6.45) is 1.22. The minimum absolute atomic E-state index is 0.151. The molecule has 3 heteroatoms. The van der Waals surface area contributed by atoms with Crippen LogP contribution in [0.5, 0.6) is 0 Å². The molecule has 0 aliphatic rings. The van der Waals surface area contributed by atoms with E-state index in [2.05, 4.69) is 12.2 Å². The van der Waals surface area contributed by atoms with Gasteiger partial charge in [-0.1, -0.05) is 30.3 Å². The third kappa shape index (κ3) is 3.66. The Bertz CT molecular complexity index is 295. The van der Waals surface area contributed by atoms with Crippen LogP contribution in [0.25, 0.3) is 0 Å². The lowest BCUT2D eigenvalue weighted by Gasteiger charge is -2.00. The lowest BCUT2D eigenvalue weighted by molar-refractivity contribution is 0.0973. The SMILES string of the molecule is O=C(CCCOC=S)c1ccccc1. The summed E-state index contributed by atoms with van der Waals surface area (Å²) in [5.74, 6) is 0.151. The Labute approximate surface area is 88.9 Å². The third-order valence-corrected chi connectivity index (χ3v) is 1.97. The van der Waals surface area contributed by atoms with E-state index in [1.54, 1.807) is 0 Å².